The lowest BCUT2D eigenvalue weighted by Crippen LogP contribution is -1.97. The molecule has 0 saturated carbocycles. The molecule has 0 fully saturated rings. The van der Waals surface area contributed by atoms with Crippen LogP contribution in [0.1, 0.15) is 11.1 Å². The summed E-state index contributed by atoms with van der Waals surface area (Å²) in [7, 11) is 3.22. The standard InChI is InChI=1S/C18H17BrO3/c1-20-17-11-15(16(19)12-18(17)21-2)13-22-10-6-9-14-7-4-3-5-8-14/h3-5,7-8,11-12H,10,13H2,1-2H3. The number of benzene rings is 2. The molecule has 0 bridgehead atoms. The number of ether oxygens (including phenoxy) is 3. The van der Waals surface area contributed by atoms with Crippen molar-refractivity contribution in [2.45, 2.75) is 6.61 Å². The van der Waals surface area contributed by atoms with Crippen LogP contribution in [-0.2, 0) is 11.3 Å². The number of methoxy groups -OCH3 is 2. The Labute approximate surface area is 139 Å². The molecule has 0 atom stereocenters. The first-order valence-corrected chi connectivity index (χ1v) is 7.56. The molecule has 114 valence electrons. The maximum absolute atomic E-state index is 5.60. The second kappa shape index (κ2) is 8.47. The van der Waals surface area contributed by atoms with Gasteiger partial charge in [0.1, 0.15) is 6.61 Å². The van der Waals surface area contributed by atoms with Crippen LogP contribution < -0.4 is 9.47 Å². The first-order valence-electron chi connectivity index (χ1n) is 6.76. The van der Waals surface area contributed by atoms with Crippen molar-refractivity contribution in [3.8, 4) is 23.3 Å². The fourth-order valence-electron chi connectivity index (χ4n) is 1.88. The van der Waals surface area contributed by atoms with E-state index in [9.17, 15) is 0 Å². The van der Waals surface area contributed by atoms with Gasteiger partial charge in [-0.25, -0.2) is 0 Å². The zero-order chi connectivity index (χ0) is 15.8. The van der Waals surface area contributed by atoms with Crippen molar-refractivity contribution in [3.63, 3.8) is 0 Å². The predicted molar refractivity (Wildman–Crippen MR) is 90.2 cm³/mol. The first-order chi connectivity index (χ1) is 10.7. The molecule has 0 aromatic heterocycles. The Hall–Kier alpha value is -1.96. The van der Waals surface area contributed by atoms with Crippen LogP contribution >= 0.6 is 15.9 Å². The highest BCUT2D eigenvalue weighted by Gasteiger charge is 2.09. The van der Waals surface area contributed by atoms with Crippen molar-refractivity contribution in [2.24, 2.45) is 0 Å². The van der Waals surface area contributed by atoms with Crippen LogP contribution in [-0.4, -0.2) is 20.8 Å². The van der Waals surface area contributed by atoms with Gasteiger partial charge in [0.05, 0.1) is 20.8 Å². The summed E-state index contributed by atoms with van der Waals surface area (Å²) in [5.74, 6) is 7.42. The van der Waals surface area contributed by atoms with Crippen molar-refractivity contribution in [1.82, 2.24) is 0 Å². The van der Waals surface area contributed by atoms with Gasteiger partial charge in [-0.1, -0.05) is 46.0 Å². The molecule has 0 unspecified atom stereocenters. The van der Waals surface area contributed by atoms with Crippen LogP contribution in [0.15, 0.2) is 46.9 Å². The van der Waals surface area contributed by atoms with Crippen molar-refractivity contribution in [1.29, 1.82) is 0 Å². The number of hydrogen-bond donors (Lipinski definition) is 0. The average Bonchev–Trinajstić information content (AvgIpc) is 2.56. The Kier molecular flexibility index (Phi) is 6.32. The van der Waals surface area contributed by atoms with Gasteiger partial charge in [0.15, 0.2) is 11.5 Å². The summed E-state index contributed by atoms with van der Waals surface area (Å²) in [4.78, 5) is 0. The maximum atomic E-state index is 5.60. The van der Waals surface area contributed by atoms with E-state index in [0.717, 1.165) is 15.6 Å². The van der Waals surface area contributed by atoms with E-state index in [-0.39, 0.29) is 0 Å². The fourth-order valence-corrected chi connectivity index (χ4v) is 2.32. The number of rotatable bonds is 5. The molecule has 2 aromatic carbocycles. The molecule has 4 heteroatoms. The van der Waals surface area contributed by atoms with Crippen LogP contribution in [0.5, 0.6) is 11.5 Å². The largest absolute Gasteiger partial charge is 0.493 e. The SMILES string of the molecule is COc1cc(Br)c(COCC#Cc2ccccc2)cc1OC. The summed E-state index contributed by atoms with van der Waals surface area (Å²) in [6, 6.07) is 13.6. The zero-order valence-corrected chi connectivity index (χ0v) is 14.1. The van der Waals surface area contributed by atoms with E-state index in [4.69, 9.17) is 14.2 Å². The molecule has 2 aromatic rings. The highest BCUT2D eigenvalue weighted by atomic mass is 79.9. The van der Waals surface area contributed by atoms with Gasteiger partial charge in [-0.3, -0.25) is 0 Å². The minimum absolute atomic E-state index is 0.371. The summed E-state index contributed by atoms with van der Waals surface area (Å²) >= 11 is 3.51. The van der Waals surface area contributed by atoms with E-state index in [1.165, 1.54) is 0 Å². The summed E-state index contributed by atoms with van der Waals surface area (Å²) in [6.45, 7) is 0.820. The molecule has 0 N–H and O–H groups in total. The lowest BCUT2D eigenvalue weighted by atomic mass is 10.2. The van der Waals surface area contributed by atoms with Crippen molar-refractivity contribution < 1.29 is 14.2 Å². The summed E-state index contributed by atoms with van der Waals surface area (Å²) in [5.41, 5.74) is 1.97. The molecule has 0 heterocycles. The lowest BCUT2D eigenvalue weighted by Gasteiger charge is -2.11. The topological polar surface area (TPSA) is 27.7 Å². The Balaban J connectivity index is 1.93. The fraction of sp³-hybridized carbons (Fsp3) is 0.222. The molecular weight excluding hydrogens is 344 g/mol. The van der Waals surface area contributed by atoms with Crippen LogP contribution in [0, 0.1) is 11.8 Å². The molecule has 22 heavy (non-hydrogen) atoms. The van der Waals surface area contributed by atoms with Gasteiger partial charge in [0.25, 0.3) is 0 Å². The van der Waals surface area contributed by atoms with E-state index >= 15 is 0 Å². The Bertz CT molecular complexity index is 672. The van der Waals surface area contributed by atoms with E-state index in [1.807, 2.05) is 42.5 Å². The summed E-state index contributed by atoms with van der Waals surface area (Å²) in [6.07, 6.45) is 0. The minimum atomic E-state index is 0.371. The third kappa shape index (κ3) is 4.52. The van der Waals surface area contributed by atoms with Crippen LogP contribution in [0.3, 0.4) is 0 Å². The van der Waals surface area contributed by atoms with Gasteiger partial charge in [0.2, 0.25) is 0 Å². The second-order valence-corrected chi connectivity index (χ2v) is 5.31. The van der Waals surface area contributed by atoms with Crippen LogP contribution in [0.2, 0.25) is 0 Å². The average molecular weight is 361 g/mol. The molecule has 0 aliphatic carbocycles. The Morgan fingerprint density at radius 2 is 1.68 bits per heavy atom. The monoisotopic (exact) mass is 360 g/mol. The van der Waals surface area contributed by atoms with Gasteiger partial charge >= 0.3 is 0 Å². The normalized spacial score (nSPS) is 9.77. The molecule has 0 radical (unpaired) electrons. The van der Waals surface area contributed by atoms with Gasteiger partial charge < -0.3 is 14.2 Å². The third-order valence-electron chi connectivity index (χ3n) is 2.99. The maximum Gasteiger partial charge on any atom is 0.161 e. The van der Waals surface area contributed by atoms with E-state index in [1.54, 1.807) is 14.2 Å². The Morgan fingerprint density at radius 3 is 2.36 bits per heavy atom. The molecule has 0 spiro atoms. The zero-order valence-electron chi connectivity index (χ0n) is 12.6. The van der Waals surface area contributed by atoms with Gasteiger partial charge in [-0.2, -0.15) is 0 Å². The first kappa shape index (κ1) is 16.4. The second-order valence-electron chi connectivity index (χ2n) is 4.46. The lowest BCUT2D eigenvalue weighted by molar-refractivity contribution is 0.152. The Morgan fingerprint density at radius 1 is 1.00 bits per heavy atom. The molecule has 0 saturated heterocycles. The van der Waals surface area contributed by atoms with Crippen molar-refractivity contribution in [3.05, 3.63) is 58.1 Å². The number of hydrogen-bond acceptors (Lipinski definition) is 3. The van der Waals surface area contributed by atoms with E-state index in [0.29, 0.717) is 24.7 Å². The smallest absolute Gasteiger partial charge is 0.161 e. The van der Waals surface area contributed by atoms with Crippen molar-refractivity contribution >= 4 is 15.9 Å². The molecule has 3 nitrogen and oxygen atoms in total. The minimum Gasteiger partial charge on any atom is -0.493 e. The molecule has 0 amide bonds. The molecule has 0 aliphatic rings. The van der Waals surface area contributed by atoms with Crippen LogP contribution in [0.4, 0.5) is 0 Å². The summed E-state index contributed by atoms with van der Waals surface area (Å²) < 4.78 is 17.0. The molecule has 0 aliphatic heterocycles. The highest BCUT2D eigenvalue weighted by molar-refractivity contribution is 9.10. The highest BCUT2D eigenvalue weighted by Crippen LogP contribution is 2.33. The van der Waals surface area contributed by atoms with E-state index in [2.05, 4.69) is 27.8 Å². The van der Waals surface area contributed by atoms with Gasteiger partial charge in [0, 0.05) is 10.0 Å². The van der Waals surface area contributed by atoms with Crippen LogP contribution in [0.25, 0.3) is 0 Å². The third-order valence-corrected chi connectivity index (χ3v) is 3.73. The van der Waals surface area contributed by atoms with Crippen molar-refractivity contribution in [2.75, 3.05) is 20.8 Å². The van der Waals surface area contributed by atoms with Gasteiger partial charge in [-0.05, 0) is 29.8 Å². The van der Waals surface area contributed by atoms with Gasteiger partial charge in [-0.15, -0.1) is 0 Å². The summed E-state index contributed by atoms with van der Waals surface area (Å²) in [5, 5.41) is 0. The van der Waals surface area contributed by atoms with E-state index < -0.39 is 0 Å². The molecule has 2 rings (SSSR count). The quantitative estimate of drug-likeness (QED) is 0.594. The number of halogens is 1. The predicted octanol–water partition coefficient (Wildman–Crippen LogP) is 4.03. The molecular formula is C18H17BrO3.